The number of Topliss-reactive ketones (excluding diaryl/α,β-unsaturated/α-hetero) is 1. The number of hydrogen-bond acceptors (Lipinski definition) is 2. The molecule has 2 nitrogen and oxygen atoms in total. The van der Waals surface area contributed by atoms with Crippen LogP contribution in [0.4, 0.5) is 0 Å². The lowest BCUT2D eigenvalue weighted by Crippen LogP contribution is -2.46. The number of carbonyl (C=O) groups excluding carboxylic acids is 1. The zero-order valence-electron chi connectivity index (χ0n) is 10.9. The fraction of sp³-hybridized carbons (Fsp3) is 0.533. The zero-order valence-corrected chi connectivity index (χ0v) is 10.9. The number of ketones is 1. The molecule has 0 radical (unpaired) electrons. The molecule has 1 aromatic rings. The Bertz CT molecular complexity index is 387. The van der Waals surface area contributed by atoms with Crippen LogP contribution in [-0.2, 0) is 4.79 Å². The van der Waals surface area contributed by atoms with Crippen LogP contribution in [0.3, 0.4) is 0 Å². The predicted molar refractivity (Wildman–Crippen MR) is 69.8 cm³/mol. The molecule has 0 unspecified atom stereocenters. The summed E-state index contributed by atoms with van der Waals surface area (Å²) in [6, 6.07) is 11.3. The van der Waals surface area contributed by atoms with Crippen LogP contribution in [0.2, 0.25) is 0 Å². The molecule has 1 heterocycles. The molecular formula is C15H21NO. The highest BCUT2D eigenvalue weighted by Gasteiger charge is 2.32. The second kappa shape index (κ2) is 5.01. The highest BCUT2D eigenvalue weighted by molar-refractivity contribution is 5.82. The summed E-state index contributed by atoms with van der Waals surface area (Å²) in [6.45, 7) is 7.31. The van der Waals surface area contributed by atoms with Gasteiger partial charge in [0.05, 0.1) is 0 Å². The van der Waals surface area contributed by atoms with Gasteiger partial charge in [-0.25, -0.2) is 0 Å². The minimum absolute atomic E-state index is 0.178. The first-order chi connectivity index (χ1) is 8.09. The molecule has 0 aromatic heterocycles. The number of hydrogen-bond donors (Lipinski definition) is 0. The fourth-order valence-electron chi connectivity index (χ4n) is 2.67. The van der Waals surface area contributed by atoms with Gasteiger partial charge in [0, 0.05) is 31.0 Å². The smallest absolute Gasteiger partial charge is 0.138 e. The van der Waals surface area contributed by atoms with E-state index in [1.54, 1.807) is 0 Å². The van der Waals surface area contributed by atoms with Crippen molar-refractivity contribution < 1.29 is 4.79 Å². The molecule has 2 rings (SSSR count). The van der Waals surface area contributed by atoms with Crippen LogP contribution in [0.25, 0.3) is 0 Å². The number of carbonyl (C=O) groups is 1. The highest BCUT2D eigenvalue weighted by atomic mass is 16.1. The summed E-state index contributed by atoms with van der Waals surface area (Å²) in [5.74, 6) is 0.589. The fourth-order valence-corrected chi connectivity index (χ4v) is 2.67. The van der Waals surface area contributed by atoms with E-state index in [2.05, 4.69) is 43.0 Å². The van der Waals surface area contributed by atoms with Gasteiger partial charge in [-0.3, -0.25) is 9.69 Å². The topological polar surface area (TPSA) is 20.3 Å². The van der Waals surface area contributed by atoms with Crippen LogP contribution in [-0.4, -0.2) is 23.3 Å². The summed E-state index contributed by atoms with van der Waals surface area (Å²) in [5, 5.41) is 0. The monoisotopic (exact) mass is 231 g/mol. The minimum atomic E-state index is 0.178. The molecule has 2 heteroatoms. The molecule has 0 saturated carbocycles. The molecular weight excluding hydrogens is 210 g/mol. The van der Waals surface area contributed by atoms with Crippen molar-refractivity contribution in [1.82, 2.24) is 4.90 Å². The molecule has 0 bridgehead atoms. The van der Waals surface area contributed by atoms with Gasteiger partial charge in [0.1, 0.15) is 5.78 Å². The second-order valence-electron chi connectivity index (χ2n) is 5.20. The summed E-state index contributed by atoms with van der Waals surface area (Å²) in [6.07, 6.45) is 0.693. The third-order valence-electron chi connectivity index (χ3n) is 3.88. The van der Waals surface area contributed by atoms with E-state index in [0.717, 1.165) is 6.54 Å². The van der Waals surface area contributed by atoms with Crippen molar-refractivity contribution in [2.45, 2.75) is 39.3 Å². The van der Waals surface area contributed by atoms with Gasteiger partial charge in [-0.15, -0.1) is 0 Å². The van der Waals surface area contributed by atoms with Crippen LogP contribution >= 0.6 is 0 Å². The number of rotatable bonds is 2. The maximum absolute atomic E-state index is 11.7. The van der Waals surface area contributed by atoms with Crippen molar-refractivity contribution in [3.05, 3.63) is 35.9 Å². The Morgan fingerprint density at radius 3 is 2.53 bits per heavy atom. The Morgan fingerprint density at radius 1 is 1.24 bits per heavy atom. The normalized spacial score (nSPS) is 28.1. The van der Waals surface area contributed by atoms with Crippen molar-refractivity contribution in [3.8, 4) is 0 Å². The molecule has 17 heavy (non-hydrogen) atoms. The third kappa shape index (κ3) is 2.58. The molecule has 0 aliphatic carbocycles. The average Bonchev–Trinajstić information content (AvgIpc) is 2.34. The van der Waals surface area contributed by atoms with Crippen molar-refractivity contribution in [2.24, 2.45) is 5.92 Å². The first kappa shape index (κ1) is 12.3. The Morgan fingerprint density at radius 2 is 1.88 bits per heavy atom. The quantitative estimate of drug-likeness (QED) is 0.779. The predicted octanol–water partition coefficient (Wildman–Crippen LogP) is 3.05. The number of benzene rings is 1. The van der Waals surface area contributed by atoms with Crippen molar-refractivity contribution in [1.29, 1.82) is 0 Å². The standard InChI is InChI=1S/C15H21NO/c1-11-10-16(12(2)9-15(11)17)13(3)14-7-5-4-6-8-14/h4-8,11-13H,9-10H2,1-3H3/t11-,12-,13+/m1/s1. The molecule has 1 aliphatic rings. The maximum atomic E-state index is 11.7. The SMILES string of the molecule is C[C@@H]1CN([C@@H](C)c2ccccc2)[C@H](C)CC1=O. The number of likely N-dealkylation sites (tertiary alicyclic amines) is 1. The number of piperidine rings is 1. The Balaban J connectivity index is 2.14. The summed E-state index contributed by atoms with van der Waals surface area (Å²) in [4.78, 5) is 14.1. The van der Waals surface area contributed by atoms with Gasteiger partial charge >= 0.3 is 0 Å². The molecule has 0 N–H and O–H groups in total. The molecule has 1 aliphatic heterocycles. The first-order valence-electron chi connectivity index (χ1n) is 6.43. The van der Waals surface area contributed by atoms with E-state index in [1.165, 1.54) is 5.56 Å². The van der Waals surface area contributed by atoms with Crippen molar-refractivity contribution in [3.63, 3.8) is 0 Å². The maximum Gasteiger partial charge on any atom is 0.138 e. The Hall–Kier alpha value is -1.15. The van der Waals surface area contributed by atoms with E-state index in [1.807, 2.05) is 13.0 Å². The summed E-state index contributed by atoms with van der Waals surface area (Å²) in [7, 11) is 0. The van der Waals surface area contributed by atoms with Crippen LogP contribution in [0.5, 0.6) is 0 Å². The highest BCUT2D eigenvalue weighted by Crippen LogP contribution is 2.28. The van der Waals surface area contributed by atoms with Gasteiger partial charge in [-0.1, -0.05) is 37.3 Å². The van der Waals surface area contributed by atoms with Crippen molar-refractivity contribution >= 4 is 5.78 Å². The zero-order chi connectivity index (χ0) is 12.4. The molecule has 3 atom stereocenters. The van der Waals surface area contributed by atoms with E-state index in [4.69, 9.17) is 0 Å². The Labute approximate surface area is 104 Å². The van der Waals surface area contributed by atoms with E-state index in [-0.39, 0.29) is 5.92 Å². The minimum Gasteiger partial charge on any atom is -0.299 e. The second-order valence-corrected chi connectivity index (χ2v) is 5.20. The first-order valence-corrected chi connectivity index (χ1v) is 6.43. The molecule has 1 saturated heterocycles. The summed E-state index contributed by atoms with van der Waals surface area (Å²) >= 11 is 0. The lowest BCUT2D eigenvalue weighted by molar-refractivity contribution is -0.128. The van der Waals surface area contributed by atoms with Crippen LogP contribution in [0, 0.1) is 5.92 Å². The van der Waals surface area contributed by atoms with Gasteiger partial charge in [-0.05, 0) is 19.4 Å². The molecule has 0 amide bonds. The van der Waals surface area contributed by atoms with Gasteiger partial charge in [-0.2, -0.15) is 0 Å². The largest absolute Gasteiger partial charge is 0.299 e. The van der Waals surface area contributed by atoms with E-state index < -0.39 is 0 Å². The van der Waals surface area contributed by atoms with Gasteiger partial charge in [0.2, 0.25) is 0 Å². The lowest BCUT2D eigenvalue weighted by atomic mass is 9.91. The molecule has 1 aromatic carbocycles. The van der Waals surface area contributed by atoms with Gasteiger partial charge in [0.15, 0.2) is 0 Å². The van der Waals surface area contributed by atoms with Gasteiger partial charge in [0.25, 0.3) is 0 Å². The van der Waals surface area contributed by atoms with E-state index in [9.17, 15) is 4.79 Å². The van der Waals surface area contributed by atoms with Crippen LogP contribution < -0.4 is 0 Å². The molecule has 92 valence electrons. The summed E-state index contributed by atoms with van der Waals surface area (Å²) < 4.78 is 0. The van der Waals surface area contributed by atoms with Crippen LogP contribution in [0.15, 0.2) is 30.3 Å². The Kier molecular flexibility index (Phi) is 3.63. The molecule has 1 fully saturated rings. The van der Waals surface area contributed by atoms with E-state index >= 15 is 0 Å². The third-order valence-corrected chi connectivity index (χ3v) is 3.88. The van der Waals surface area contributed by atoms with Crippen LogP contribution in [0.1, 0.15) is 38.8 Å². The lowest BCUT2D eigenvalue weighted by Gasteiger charge is -2.40. The molecule has 0 spiro atoms. The van der Waals surface area contributed by atoms with E-state index in [0.29, 0.717) is 24.3 Å². The summed E-state index contributed by atoms with van der Waals surface area (Å²) in [5.41, 5.74) is 1.33. The average molecular weight is 231 g/mol. The van der Waals surface area contributed by atoms with Crippen molar-refractivity contribution in [2.75, 3.05) is 6.54 Å². The van der Waals surface area contributed by atoms with Gasteiger partial charge < -0.3 is 0 Å². The number of nitrogens with zero attached hydrogens (tertiary/aromatic N) is 1.